The van der Waals surface area contributed by atoms with Crippen molar-refractivity contribution in [2.75, 3.05) is 5.32 Å². The van der Waals surface area contributed by atoms with Gasteiger partial charge in [0, 0.05) is 17.5 Å². The van der Waals surface area contributed by atoms with Crippen molar-refractivity contribution in [3.63, 3.8) is 0 Å². The summed E-state index contributed by atoms with van der Waals surface area (Å²) in [5, 5.41) is 2.90. The minimum absolute atomic E-state index is 0.0293. The fraction of sp³-hybridized carbons (Fsp3) is 0.120. The molecule has 3 aromatic rings. The van der Waals surface area contributed by atoms with E-state index in [-0.39, 0.29) is 18.1 Å². The predicted molar refractivity (Wildman–Crippen MR) is 115 cm³/mol. The van der Waals surface area contributed by atoms with Crippen LogP contribution in [-0.4, -0.2) is 11.7 Å². The van der Waals surface area contributed by atoms with Crippen molar-refractivity contribution in [3.8, 4) is 0 Å². The highest BCUT2D eigenvalue weighted by Crippen LogP contribution is 2.20. The Kier molecular flexibility index (Phi) is 6.18. The number of carbonyl (C=O) groups is 2. The van der Waals surface area contributed by atoms with Crippen molar-refractivity contribution in [1.82, 2.24) is 0 Å². The Morgan fingerprint density at radius 1 is 0.893 bits per heavy atom. The topological polar surface area (TPSA) is 46.2 Å². The van der Waals surface area contributed by atoms with Crippen LogP contribution in [0.3, 0.4) is 0 Å². The zero-order valence-corrected chi connectivity index (χ0v) is 16.1. The Hall–Kier alpha value is -3.46. The zero-order chi connectivity index (χ0) is 19.9. The molecule has 0 spiro atoms. The molecule has 0 unspecified atom stereocenters. The minimum atomic E-state index is -0.214. The maximum Gasteiger partial charge on any atom is 0.255 e. The lowest BCUT2D eigenvalue weighted by Gasteiger charge is -2.12. The molecular weight excluding hydrogens is 346 g/mol. The summed E-state index contributed by atoms with van der Waals surface area (Å²) in [6, 6.07) is 22.4. The highest BCUT2D eigenvalue weighted by Gasteiger charge is 2.15. The molecule has 3 heteroatoms. The number of aryl methyl sites for hydroxylation is 1. The van der Waals surface area contributed by atoms with E-state index >= 15 is 0 Å². The van der Waals surface area contributed by atoms with Gasteiger partial charge in [0.25, 0.3) is 5.91 Å². The van der Waals surface area contributed by atoms with Crippen LogP contribution in [0.2, 0.25) is 0 Å². The maximum atomic E-state index is 12.9. The molecule has 0 aromatic heterocycles. The van der Waals surface area contributed by atoms with Crippen molar-refractivity contribution >= 4 is 23.5 Å². The quantitative estimate of drug-likeness (QED) is 0.566. The van der Waals surface area contributed by atoms with Crippen LogP contribution >= 0.6 is 0 Å². The molecule has 0 aliphatic rings. The average molecular weight is 369 g/mol. The molecule has 140 valence electrons. The second kappa shape index (κ2) is 8.96. The molecule has 0 aliphatic carbocycles. The van der Waals surface area contributed by atoms with Gasteiger partial charge in [-0.2, -0.15) is 0 Å². The second-order valence-electron chi connectivity index (χ2n) is 6.66. The maximum absolute atomic E-state index is 12.9. The number of carbonyl (C=O) groups excluding carboxylic acids is 2. The molecule has 3 aromatic carbocycles. The smallest absolute Gasteiger partial charge is 0.255 e. The van der Waals surface area contributed by atoms with Crippen LogP contribution in [0.1, 0.15) is 44.3 Å². The molecule has 0 saturated heterocycles. The third kappa shape index (κ3) is 4.63. The number of anilines is 1. The molecule has 0 aliphatic heterocycles. The van der Waals surface area contributed by atoms with Crippen LogP contribution in [0.15, 0.2) is 78.9 Å². The van der Waals surface area contributed by atoms with Gasteiger partial charge < -0.3 is 5.32 Å². The second-order valence-corrected chi connectivity index (χ2v) is 6.66. The van der Waals surface area contributed by atoms with Gasteiger partial charge in [0.1, 0.15) is 0 Å². The molecule has 0 heterocycles. The van der Waals surface area contributed by atoms with E-state index in [1.54, 1.807) is 18.2 Å². The summed E-state index contributed by atoms with van der Waals surface area (Å²) >= 11 is 0. The fourth-order valence-corrected chi connectivity index (χ4v) is 3.13. The fourth-order valence-electron chi connectivity index (χ4n) is 3.13. The van der Waals surface area contributed by atoms with E-state index < -0.39 is 0 Å². The standard InChI is InChI=1S/C25H23NO2/c1-3-9-19-11-8-12-20(16-19)17-24(27)22-14-6-7-15-23(22)26-25(28)21-13-5-4-10-18(21)2/h3-16H,17H2,1-2H3,(H,26,28)/b9-3-. The highest BCUT2D eigenvalue weighted by atomic mass is 16.1. The number of nitrogens with one attached hydrogen (secondary N) is 1. The predicted octanol–water partition coefficient (Wildman–Crippen LogP) is 5.71. The summed E-state index contributed by atoms with van der Waals surface area (Å²) in [7, 11) is 0. The number of hydrogen-bond donors (Lipinski definition) is 1. The summed E-state index contributed by atoms with van der Waals surface area (Å²) in [6.45, 7) is 3.86. The summed E-state index contributed by atoms with van der Waals surface area (Å²) < 4.78 is 0. The van der Waals surface area contributed by atoms with Crippen molar-refractivity contribution in [2.24, 2.45) is 0 Å². The molecule has 0 radical (unpaired) electrons. The van der Waals surface area contributed by atoms with Gasteiger partial charge >= 0.3 is 0 Å². The van der Waals surface area contributed by atoms with Gasteiger partial charge in [-0.3, -0.25) is 9.59 Å². The van der Waals surface area contributed by atoms with Gasteiger partial charge in [-0.1, -0.05) is 66.7 Å². The van der Waals surface area contributed by atoms with E-state index in [9.17, 15) is 9.59 Å². The van der Waals surface area contributed by atoms with E-state index in [1.807, 2.05) is 80.6 Å². The first-order valence-corrected chi connectivity index (χ1v) is 9.29. The number of para-hydroxylation sites is 1. The number of amides is 1. The lowest BCUT2D eigenvalue weighted by atomic mass is 9.99. The van der Waals surface area contributed by atoms with Crippen LogP contribution in [0, 0.1) is 6.92 Å². The van der Waals surface area contributed by atoms with E-state index in [2.05, 4.69) is 5.32 Å². The lowest BCUT2D eigenvalue weighted by Crippen LogP contribution is -2.16. The van der Waals surface area contributed by atoms with Crippen molar-refractivity contribution < 1.29 is 9.59 Å². The third-order valence-electron chi connectivity index (χ3n) is 4.54. The summed E-state index contributed by atoms with van der Waals surface area (Å²) in [6.07, 6.45) is 4.25. The van der Waals surface area contributed by atoms with Crippen LogP contribution < -0.4 is 5.32 Å². The summed E-state index contributed by atoms with van der Waals surface area (Å²) in [5.74, 6) is -0.244. The molecule has 1 N–H and O–H groups in total. The molecule has 0 fully saturated rings. The first kappa shape index (κ1) is 19.3. The molecule has 3 nitrogen and oxygen atoms in total. The first-order valence-electron chi connectivity index (χ1n) is 9.29. The lowest BCUT2D eigenvalue weighted by molar-refractivity contribution is 0.0994. The van der Waals surface area contributed by atoms with Crippen LogP contribution in [0.4, 0.5) is 5.69 Å². The van der Waals surface area contributed by atoms with Crippen molar-refractivity contribution in [3.05, 3.63) is 107 Å². The Morgan fingerprint density at radius 2 is 1.61 bits per heavy atom. The van der Waals surface area contributed by atoms with Gasteiger partial charge in [0.15, 0.2) is 5.78 Å². The molecule has 0 atom stereocenters. The molecule has 0 saturated carbocycles. The Labute approximate surface area is 165 Å². The van der Waals surface area contributed by atoms with E-state index in [0.29, 0.717) is 16.8 Å². The van der Waals surface area contributed by atoms with Gasteiger partial charge in [0.2, 0.25) is 0 Å². The Bertz CT molecular complexity index is 1030. The van der Waals surface area contributed by atoms with Crippen LogP contribution in [0.5, 0.6) is 0 Å². The van der Waals surface area contributed by atoms with Gasteiger partial charge in [-0.15, -0.1) is 0 Å². The van der Waals surface area contributed by atoms with E-state index in [0.717, 1.165) is 16.7 Å². The summed E-state index contributed by atoms with van der Waals surface area (Å²) in [5.41, 5.74) is 4.55. The molecule has 28 heavy (non-hydrogen) atoms. The number of benzene rings is 3. The third-order valence-corrected chi connectivity index (χ3v) is 4.54. The van der Waals surface area contributed by atoms with Crippen LogP contribution in [0.25, 0.3) is 6.08 Å². The van der Waals surface area contributed by atoms with Gasteiger partial charge in [-0.25, -0.2) is 0 Å². The molecule has 3 rings (SSSR count). The number of Topliss-reactive ketones (excluding diaryl/α,β-unsaturated/α-hetero) is 1. The van der Waals surface area contributed by atoms with E-state index in [1.165, 1.54) is 0 Å². The van der Waals surface area contributed by atoms with Crippen LogP contribution in [-0.2, 0) is 6.42 Å². The van der Waals surface area contributed by atoms with Gasteiger partial charge in [0.05, 0.1) is 5.69 Å². The first-order chi connectivity index (χ1) is 13.6. The largest absolute Gasteiger partial charge is 0.321 e. The number of allylic oxidation sites excluding steroid dienone is 1. The highest BCUT2D eigenvalue weighted by molar-refractivity contribution is 6.10. The summed E-state index contributed by atoms with van der Waals surface area (Å²) in [4.78, 5) is 25.6. The zero-order valence-electron chi connectivity index (χ0n) is 16.1. The van der Waals surface area contributed by atoms with Crippen molar-refractivity contribution in [2.45, 2.75) is 20.3 Å². The van der Waals surface area contributed by atoms with E-state index in [4.69, 9.17) is 0 Å². The molecular formula is C25H23NO2. The number of ketones is 1. The molecule has 0 bridgehead atoms. The average Bonchev–Trinajstić information content (AvgIpc) is 2.69. The Balaban J connectivity index is 1.82. The Morgan fingerprint density at radius 3 is 2.36 bits per heavy atom. The SMILES string of the molecule is C/C=C\c1cccc(CC(=O)c2ccccc2NC(=O)c2ccccc2C)c1. The monoisotopic (exact) mass is 369 g/mol. The molecule has 1 amide bonds. The van der Waals surface area contributed by atoms with Gasteiger partial charge in [-0.05, 0) is 48.7 Å². The number of rotatable bonds is 6. The normalized spacial score (nSPS) is 10.8. The minimum Gasteiger partial charge on any atom is -0.321 e. The number of hydrogen-bond acceptors (Lipinski definition) is 2. The van der Waals surface area contributed by atoms with Crippen molar-refractivity contribution in [1.29, 1.82) is 0 Å².